The van der Waals surface area contributed by atoms with E-state index in [0.717, 1.165) is 31.2 Å². The Kier molecular flexibility index (Phi) is 17.0. The highest BCUT2D eigenvalue weighted by Crippen LogP contribution is 2.39. The lowest BCUT2D eigenvalue weighted by atomic mass is 9.82. The van der Waals surface area contributed by atoms with Crippen LogP contribution in [-0.2, 0) is 0 Å². The zero-order chi connectivity index (χ0) is 23.8. The summed E-state index contributed by atoms with van der Waals surface area (Å²) in [5.41, 5.74) is 2.27. The first-order chi connectivity index (χ1) is 15.4. The number of nitrogens with zero attached hydrogens (tertiary/aromatic N) is 1. The van der Waals surface area contributed by atoms with Gasteiger partial charge in [-0.1, -0.05) is 71.6 Å². The molecule has 1 aliphatic rings. The first-order valence-electron chi connectivity index (χ1n) is 13.4. The van der Waals surface area contributed by atoms with Crippen LogP contribution >= 0.6 is 0 Å². The highest BCUT2D eigenvalue weighted by Gasteiger charge is 2.24. The van der Waals surface area contributed by atoms with E-state index >= 15 is 0 Å². The van der Waals surface area contributed by atoms with E-state index in [1.54, 1.807) is 6.07 Å². The van der Waals surface area contributed by atoms with Gasteiger partial charge in [0, 0.05) is 6.07 Å². The molecule has 1 aromatic rings. The number of allylic oxidation sites excluding steroid dienone is 1. The van der Waals surface area contributed by atoms with Crippen molar-refractivity contribution in [2.75, 3.05) is 26.2 Å². The fraction of sp³-hybridized carbons (Fsp3) is 0.724. The van der Waals surface area contributed by atoms with E-state index in [1.165, 1.54) is 93.7 Å². The summed E-state index contributed by atoms with van der Waals surface area (Å²) < 4.78 is 1.42. The quantitative estimate of drug-likeness (QED) is 0.306. The molecule has 0 saturated heterocycles. The number of rotatable bonds is 13. The van der Waals surface area contributed by atoms with Gasteiger partial charge in [-0.2, -0.15) is 0 Å². The van der Waals surface area contributed by atoms with Gasteiger partial charge in [0.25, 0.3) is 0 Å². The van der Waals surface area contributed by atoms with Crippen LogP contribution in [-0.4, -0.2) is 40.9 Å². The van der Waals surface area contributed by atoms with Crippen LogP contribution in [0.2, 0.25) is 0 Å². The van der Waals surface area contributed by atoms with Crippen LogP contribution in [0, 0.1) is 0 Å². The molecule has 0 atom stereocenters. The van der Waals surface area contributed by atoms with E-state index in [0.29, 0.717) is 5.92 Å². The fourth-order valence-corrected chi connectivity index (χ4v) is 4.86. The molecule has 0 bridgehead atoms. The van der Waals surface area contributed by atoms with E-state index < -0.39 is 0 Å². The van der Waals surface area contributed by atoms with E-state index in [2.05, 4.69) is 34.3 Å². The smallest absolute Gasteiger partial charge is 0.122 e. The summed E-state index contributed by atoms with van der Waals surface area (Å²) in [4.78, 5) is 0. The van der Waals surface area contributed by atoms with Gasteiger partial charge in [0.15, 0.2) is 0 Å². The molecule has 3 nitrogen and oxygen atoms in total. The van der Waals surface area contributed by atoms with Crippen LogP contribution in [0.25, 0.3) is 0 Å². The van der Waals surface area contributed by atoms with Crippen LogP contribution in [0.5, 0.6) is 11.5 Å². The first kappa shape index (κ1) is 31.4. The highest BCUT2D eigenvalue weighted by molar-refractivity contribution is 5.41. The summed E-state index contributed by atoms with van der Waals surface area (Å²) in [6, 6.07) is 4.88. The minimum atomic E-state index is 0. The molecule has 1 saturated carbocycles. The Hall–Kier alpha value is -1.55. The Bertz CT molecular complexity index is 599. The van der Waals surface area contributed by atoms with Crippen molar-refractivity contribution in [2.45, 2.75) is 111 Å². The second-order valence-electron chi connectivity index (χ2n) is 9.92. The van der Waals surface area contributed by atoms with Gasteiger partial charge in [-0.15, -0.1) is 0 Å². The Morgan fingerprint density at radius 3 is 1.58 bits per heavy atom. The SMILES string of the molecule is C=C1CCC(c2ccc(O)cc2O)CC1.CCCC[N+](CCCC)(CCCC)CCCC.[F-]. The maximum absolute atomic E-state index is 9.73. The van der Waals surface area contributed by atoms with Crippen LogP contribution < -0.4 is 4.70 Å². The zero-order valence-electron chi connectivity index (χ0n) is 22.0. The maximum atomic E-state index is 9.73. The standard InChI is InChI=1S/C16H36N.C13H16O2.FH/c1-5-9-13-17(14-10-6-2,15-11-7-3)16-12-8-4;1-9-2-4-10(5-3-9)12-7-6-11(14)8-13(12)15;/h5-16H2,1-4H3;6-8,10,14-15H,1-5H2;1H/q+1;;/p-1. The van der Waals surface area contributed by atoms with E-state index in [1.807, 2.05) is 6.07 Å². The minimum absolute atomic E-state index is 0. The van der Waals surface area contributed by atoms with Gasteiger partial charge in [0.1, 0.15) is 11.5 Å². The number of aromatic hydroxyl groups is 2. The van der Waals surface area contributed by atoms with Gasteiger partial charge >= 0.3 is 0 Å². The van der Waals surface area contributed by atoms with Crippen molar-refractivity contribution in [2.24, 2.45) is 0 Å². The number of unbranched alkanes of at least 4 members (excludes halogenated alkanes) is 4. The molecule has 2 rings (SSSR count). The summed E-state index contributed by atoms with van der Waals surface area (Å²) in [5.74, 6) is 0.750. The summed E-state index contributed by atoms with van der Waals surface area (Å²) in [7, 11) is 0. The average molecular weight is 466 g/mol. The Morgan fingerprint density at radius 2 is 1.21 bits per heavy atom. The molecule has 1 fully saturated rings. The third kappa shape index (κ3) is 11.9. The van der Waals surface area contributed by atoms with Gasteiger partial charge in [-0.05, 0) is 68.9 Å². The predicted octanol–water partition coefficient (Wildman–Crippen LogP) is 5.32. The number of quaternary nitrogens is 1. The molecule has 0 aliphatic heterocycles. The second-order valence-corrected chi connectivity index (χ2v) is 9.92. The van der Waals surface area contributed by atoms with Gasteiger partial charge < -0.3 is 19.4 Å². The number of hydrogen-bond acceptors (Lipinski definition) is 2. The predicted molar refractivity (Wildman–Crippen MR) is 139 cm³/mol. The topological polar surface area (TPSA) is 40.5 Å². The molecule has 0 radical (unpaired) electrons. The molecule has 33 heavy (non-hydrogen) atoms. The zero-order valence-corrected chi connectivity index (χ0v) is 22.0. The van der Waals surface area contributed by atoms with Gasteiger partial charge in [-0.25, -0.2) is 0 Å². The molecule has 192 valence electrons. The second kappa shape index (κ2) is 17.9. The number of benzene rings is 1. The van der Waals surface area contributed by atoms with Crippen molar-refractivity contribution in [1.29, 1.82) is 0 Å². The van der Waals surface area contributed by atoms with Crippen LogP contribution in [0.1, 0.15) is 116 Å². The van der Waals surface area contributed by atoms with Crippen LogP contribution in [0.3, 0.4) is 0 Å². The molecular weight excluding hydrogens is 413 g/mol. The van der Waals surface area contributed by atoms with Crippen molar-refractivity contribution in [1.82, 2.24) is 0 Å². The monoisotopic (exact) mass is 465 g/mol. The number of phenolic OH excluding ortho intramolecular Hbond substituents is 2. The molecule has 4 heteroatoms. The lowest BCUT2D eigenvalue weighted by Crippen LogP contribution is -3.00. The molecule has 2 N–H and O–H groups in total. The lowest BCUT2D eigenvalue weighted by molar-refractivity contribution is -0.929. The summed E-state index contributed by atoms with van der Waals surface area (Å²) in [6.07, 6.45) is 15.3. The van der Waals surface area contributed by atoms with Gasteiger partial charge in [0.2, 0.25) is 0 Å². The maximum Gasteiger partial charge on any atom is 0.122 e. The molecule has 0 amide bonds. The summed E-state index contributed by atoms with van der Waals surface area (Å²) in [5, 5.41) is 18.9. The molecule has 0 unspecified atom stereocenters. The highest BCUT2D eigenvalue weighted by atomic mass is 19.0. The molecule has 0 spiro atoms. The number of halogens is 1. The molecule has 1 aliphatic carbocycles. The normalized spacial score (nSPS) is 14.4. The minimum Gasteiger partial charge on any atom is -1.00 e. The Morgan fingerprint density at radius 1 is 0.788 bits per heavy atom. The van der Waals surface area contributed by atoms with E-state index in [4.69, 9.17) is 0 Å². The summed E-state index contributed by atoms with van der Waals surface area (Å²) >= 11 is 0. The Balaban J connectivity index is 0.000000604. The Labute approximate surface area is 203 Å². The van der Waals surface area contributed by atoms with Gasteiger partial charge in [0.05, 0.1) is 26.2 Å². The summed E-state index contributed by atoms with van der Waals surface area (Å²) in [6.45, 7) is 19.0. The lowest BCUT2D eigenvalue weighted by Gasteiger charge is -2.39. The average Bonchev–Trinajstić information content (AvgIpc) is 2.79. The fourth-order valence-electron chi connectivity index (χ4n) is 4.86. The molecular formula is C29H52FNO2. The van der Waals surface area contributed by atoms with E-state index in [-0.39, 0.29) is 16.2 Å². The molecule has 0 heterocycles. The van der Waals surface area contributed by atoms with Gasteiger partial charge in [-0.3, -0.25) is 0 Å². The van der Waals surface area contributed by atoms with Crippen LogP contribution in [0.15, 0.2) is 30.4 Å². The largest absolute Gasteiger partial charge is 1.00 e. The number of phenols is 2. The van der Waals surface area contributed by atoms with Crippen LogP contribution in [0.4, 0.5) is 0 Å². The molecule has 1 aromatic carbocycles. The third-order valence-corrected chi connectivity index (χ3v) is 7.09. The third-order valence-electron chi connectivity index (χ3n) is 7.09. The number of hydrogen-bond donors (Lipinski definition) is 2. The molecule has 0 aromatic heterocycles. The van der Waals surface area contributed by atoms with E-state index in [9.17, 15) is 10.2 Å². The van der Waals surface area contributed by atoms with Crippen molar-refractivity contribution in [3.05, 3.63) is 35.9 Å². The van der Waals surface area contributed by atoms with Crippen molar-refractivity contribution in [3.63, 3.8) is 0 Å². The van der Waals surface area contributed by atoms with Crippen molar-refractivity contribution < 1.29 is 19.4 Å². The first-order valence-corrected chi connectivity index (χ1v) is 13.4. The van der Waals surface area contributed by atoms with Crippen molar-refractivity contribution >= 4 is 0 Å². The van der Waals surface area contributed by atoms with Crippen molar-refractivity contribution in [3.8, 4) is 11.5 Å².